The maximum absolute atomic E-state index is 12.7. The largest absolute Gasteiger partial charge is 0.486 e. The van der Waals surface area contributed by atoms with Crippen LogP contribution in [0.4, 0.5) is 0 Å². The fourth-order valence-electron chi connectivity index (χ4n) is 4.30. The smallest absolute Gasteiger partial charge is 0.233 e. The minimum Gasteiger partial charge on any atom is -0.486 e. The van der Waals surface area contributed by atoms with Gasteiger partial charge in [-0.25, -0.2) is 0 Å². The number of rotatable bonds is 5. The number of carbonyl (C=O) groups is 1. The Morgan fingerprint density at radius 2 is 2.03 bits per heavy atom. The molecule has 1 saturated heterocycles. The van der Waals surface area contributed by atoms with E-state index in [4.69, 9.17) is 4.74 Å². The van der Waals surface area contributed by atoms with Crippen LogP contribution in [-0.2, 0) is 11.8 Å². The first-order chi connectivity index (χ1) is 13.9. The van der Waals surface area contributed by atoms with Gasteiger partial charge in [-0.05, 0) is 50.7 Å². The van der Waals surface area contributed by atoms with Crippen LogP contribution in [0.15, 0.2) is 23.6 Å². The van der Waals surface area contributed by atoms with E-state index < -0.39 is 6.10 Å². The van der Waals surface area contributed by atoms with Crippen molar-refractivity contribution < 1.29 is 14.6 Å². The van der Waals surface area contributed by atoms with Crippen LogP contribution in [-0.4, -0.2) is 66.7 Å². The van der Waals surface area contributed by atoms with Crippen LogP contribution in [0.2, 0.25) is 0 Å². The van der Waals surface area contributed by atoms with Crippen LogP contribution in [0.1, 0.15) is 24.2 Å². The van der Waals surface area contributed by atoms with Crippen LogP contribution < -0.4 is 4.74 Å². The summed E-state index contributed by atoms with van der Waals surface area (Å²) in [4.78, 5) is 19.0. The van der Waals surface area contributed by atoms with Crippen molar-refractivity contribution in [2.24, 2.45) is 18.9 Å². The second-order valence-corrected chi connectivity index (χ2v) is 9.01. The number of pyridine rings is 1. The molecule has 2 aromatic rings. The maximum Gasteiger partial charge on any atom is 0.233 e. The van der Waals surface area contributed by atoms with E-state index in [2.05, 4.69) is 15.2 Å². The molecule has 0 spiro atoms. The zero-order valence-corrected chi connectivity index (χ0v) is 17.8. The monoisotopic (exact) mass is 417 g/mol. The molecule has 0 aromatic carbocycles. The average molecular weight is 418 g/mol. The number of likely N-dealkylation sites (tertiary alicyclic amines) is 1. The van der Waals surface area contributed by atoms with Crippen molar-refractivity contribution in [2.45, 2.75) is 44.1 Å². The van der Waals surface area contributed by atoms with Crippen LogP contribution in [0.3, 0.4) is 0 Å². The highest BCUT2D eigenvalue weighted by molar-refractivity contribution is 7.99. The number of thioether (sulfide) groups is 1. The number of aromatic nitrogens is 4. The number of ether oxygens (including phenoxy) is 1. The summed E-state index contributed by atoms with van der Waals surface area (Å²) in [6.45, 7) is 5.30. The van der Waals surface area contributed by atoms with Crippen LogP contribution in [0.5, 0.6) is 5.75 Å². The van der Waals surface area contributed by atoms with E-state index in [-0.39, 0.29) is 12.0 Å². The highest BCUT2D eigenvalue weighted by Crippen LogP contribution is 2.38. The number of aryl methyl sites for hydroxylation is 3. The lowest BCUT2D eigenvalue weighted by molar-refractivity contribution is -0.127. The summed E-state index contributed by atoms with van der Waals surface area (Å²) < 4.78 is 7.94. The van der Waals surface area contributed by atoms with Gasteiger partial charge in [-0.2, -0.15) is 0 Å². The number of hydrogen-bond donors (Lipinski definition) is 1. The number of fused-ring (bicyclic) bond motifs is 1. The SMILES string of the molecule is Cc1ccc(O[C@@H]2C[C@@H]3CN(C(=O)CSc4nncn4C)C[C@@H]3C[C@H]2O)c(C)n1. The highest BCUT2D eigenvalue weighted by Gasteiger charge is 2.44. The van der Waals surface area contributed by atoms with Gasteiger partial charge in [-0.3, -0.25) is 9.78 Å². The normalized spacial score (nSPS) is 26.4. The van der Waals surface area contributed by atoms with Gasteiger partial charge in [0.2, 0.25) is 5.91 Å². The lowest BCUT2D eigenvalue weighted by Crippen LogP contribution is -2.42. The van der Waals surface area contributed by atoms with Gasteiger partial charge in [0, 0.05) is 25.8 Å². The van der Waals surface area contributed by atoms with Crippen LogP contribution in [0, 0.1) is 25.7 Å². The predicted molar refractivity (Wildman–Crippen MR) is 109 cm³/mol. The van der Waals surface area contributed by atoms with E-state index in [1.165, 1.54) is 11.8 Å². The molecule has 4 rings (SSSR count). The molecule has 0 bridgehead atoms. The second-order valence-electron chi connectivity index (χ2n) is 8.06. The molecule has 0 unspecified atom stereocenters. The van der Waals surface area contributed by atoms with Gasteiger partial charge >= 0.3 is 0 Å². The maximum atomic E-state index is 12.7. The summed E-state index contributed by atoms with van der Waals surface area (Å²) in [6, 6.07) is 3.84. The Kier molecular flexibility index (Phi) is 5.78. The van der Waals surface area contributed by atoms with Gasteiger partial charge < -0.3 is 19.3 Å². The molecule has 0 radical (unpaired) electrons. The Morgan fingerprint density at radius 1 is 1.28 bits per heavy atom. The first-order valence-electron chi connectivity index (χ1n) is 9.94. The summed E-state index contributed by atoms with van der Waals surface area (Å²) >= 11 is 1.40. The average Bonchev–Trinajstić information content (AvgIpc) is 3.27. The van der Waals surface area contributed by atoms with Crippen LogP contribution >= 0.6 is 11.8 Å². The molecule has 2 fully saturated rings. The van der Waals surface area contributed by atoms with Gasteiger partial charge in [-0.15, -0.1) is 10.2 Å². The van der Waals surface area contributed by atoms with Crippen molar-refractivity contribution in [3.63, 3.8) is 0 Å². The number of amides is 1. The van der Waals surface area contributed by atoms with Gasteiger partial charge in [0.1, 0.15) is 18.2 Å². The minimum atomic E-state index is -0.528. The van der Waals surface area contributed by atoms with E-state index in [0.717, 1.165) is 35.3 Å². The Morgan fingerprint density at radius 3 is 2.72 bits per heavy atom. The first-order valence-corrected chi connectivity index (χ1v) is 10.9. The van der Waals surface area contributed by atoms with Crippen molar-refractivity contribution in [1.29, 1.82) is 0 Å². The number of carbonyl (C=O) groups excluding carboxylic acids is 1. The molecule has 2 aliphatic rings. The van der Waals surface area contributed by atoms with E-state index >= 15 is 0 Å². The zero-order valence-electron chi connectivity index (χ0n) is 17.0. The third-order valence-electron chi connectivity index (χ3n) is 5.89. The molecule has 3 heterocycles. The van der Waals surface area contributed by atoms with Gasteiger partial charge in [0.15, 0.2) is 5.16 Å². The van der Waals surface area contributed by atoms with Gasteiger partial charge in [0.25, 0.3) is 0 Å². The molecular formula is C20H27N5O3S. The van der Waals surface area contributed by atoms with E-state index in [1.54, 1.807) is 6.33 Å². The Bertz CT molecular complexity index is 889. The Labute approximate surface area is 174 Å². The first kappa shape index (κ1) is 20.2. The number of aliphatic hydroxyl groups excluding tert-OH is 1. The second kappa shape index (κ2) is 8.31. The molecule has 1 aliphatic carbocycles. The summed E-state index contributed by atoms with van der Waals surface area (Å²) in [5, 5.41) is 19.2. The minimum absolute atomic E-state index is 0.109. The van der Waals surface area contributed by atoms with E-state index in [1.807, 2.05) is 42.5 Å². The molecule has 1 N–H and O–H groups in total. The Balaban J connectivity index is 1.34. The fourth-order valence-corrected chi connectivity index (χ4v) is 5.09. The molecule has 1 aliphatic heterocycles. The quantitative estimate of drug-likeness (QED) is 0.739. The third-order valence-corrected chi connectivity index (χ3v) is 6.91. The molecule has 4 atom stereocenters. The number of nitrogens with zero attached hydrogens (tertiary/aromatic N) is 5. The number of hydrogen-bond acceptors (Lipinski definition) is 7. The standard InChI is InChI=1S/C20H27N5O3S/c1-12-4-5-17(13(2)22-12)28-18-7-15-9-25(8-14(15)6-16(18)26)19(27)10-29-20-23-21-11-24(20)3/h4-5,11,14-16,18,26H,6-10H2,1-3H3/t14-,15+,16+,18+/m0/s1. The van der Waals surface area contributed by atoms with E-state index in [0.29, 0.717) is 30.6 Å². The molecule has 1 amide bonds. The third kappa shape index (κ3) is 4.40. The highest BCUT2D eigenvalue weighted by atomic mass is 32.2. The lowest BCUT2D eigenvalue weighted by Gasteiger charge is -2.35. The fraction of sp³-hybridized carbons (Fsp3) is 0.600. The summed E-state index contributed by atoms with van der Waals surface area (Å²) in [6.07, 6.45) is 2.25. The summed E-state index contributed by atoms with van der Waals surface area (Å²) in [5.74, 6) is 1.86. The summed E-state index contributed by atoms with van der Waals surface area (Å²) in [5.41, 5.74) is 1.78. The van der Waals surface area contributed by atoms with Gasteiger partial charge in [0.05, 0.1) is 17.6 Å². The molecule has 156 valence electrons. The lowest BCUT2D eigenvalue weighted by atomic mass is 9.78. The zero-order chi connectivity index (χ0) is 20.5. The van der Waals surface area contributed by atoms with Crippen molar-refractivity contribution in [1.82, 2.24) is 24.6 Å². The molecule has 1 saturated carbocycles. The number of aliphatic hydroxyl groups is 1. The molecule has 9 heteroatoms. The topological polar surface area (TPSA) is 93.4 Å². The predicted octanol–water partition coefficient (Wildman–Crippen LogP) is 1.60. The van der Waals surface area contributed by atoms with Crippen LogP contribution in [0.25, 0.3) is 0 Å². The summed E-state index contributed by atoms with van der Waals surface area (Å²) in [7, 11) is 1.87. The Hall–Kier alpha value is -2.13. The molecule has 8 nitrogen and oxygen atoms in total. The molecule has 29 heavy (non-hydrogen) atoms. The molecule has 2 aromatic heterocycles. The van der Waals surface area contributed by atoms with Crippen molar-refractivity contribution in [3.05, 3.63) is 29.8 Å². The van der Waals surface area contributed by atoms with Gasteiger partial charge in [-0.1, -0.05) is 11.8 Å². The van der Waals surface area contributed by atoms with Crippen molar-refractivity contribution >= 4 is 17.7 Å². The van der Waals surface area contributed by atoms with Crippen molar-refractivity contribution in [3.8, 4) is 5.75 Å². The molecular weight excluding hydrogens is 390 g/mol. The van der Waals surface area contributed by atoms with E-state index in [9.17, 15) is 9.90 Å². The van der Waals surface area contributed by atoms with Crippen molar-refractivity contribution in [2.75, 3.05) is 18.8 Å².